The smallest absolute Gasteiger partial charge is 0.317 e. The summed E-state index contributed by atoms with van der Waals surface area (Å²) in [5.74, 6) is 1.63. The number of ether oxygens (including phenoxy) is 1. The van der Waals surface area contributed by atoms with E-state index >= 15 is 0 Å². The summed E-state index contributed by atoms with van der Waals surface area (Å²) in [6.45, 7) is 6.04. The van der Waals surface area contributed by atoms with Crippen LogP contribution in [0.5, 0.6) is 0 Å². The number of nitrogens with one attached hydrogen (secondary N) is 1. The molecule has 2 aliphatic carbocycles. The molecule has 0 bridgehead atoms. The molecule has 5 heteroatoms. The van der Waals surface area contributed by atoms with Gasteiger partial charge in [0.25, 0.3) is 0 Å². The lowest BCUT2D eigenvalue weighted by Gasteiger charge is -2.40. The third kappa shape index (κ3) is 4.63. The molecular formula is C19H35N3O2. The maximum absolute atomic E-state index is 12.5. The number of hydrogen-bond donors (Lipinski definition) is 2. The van der Waals surface area contributed by atoms with Gasteiger partial charge in [-0.1, -0.05) is 13.8 Å². The van der Waals surface area contributed by atoms with Gasteiger partial charge in [-0.05, 0) is 63.2 Å². The van der Waals surface area contributed by atoms with E-state index in [1.165, 1.54) is 12.8 Å². The third-order valence-corrected chi connectivity index (χ3v) is 6.16. The largest absolute Gasteiger partial charge is 0.376 e. The maximum atomic E-state index is 12.5. The van der Waals surface area contributed by atoms with E-state index < -0.39 is 0 Å². The Labute approximate surface area is 146 Å². The molecule has 1 aliphatic heterocycles. The van der Waals surface area contributed by atoms with E-state index in [0.29, 0.717) is 18.8 Å². The highest BCUT2D eigenvalue weighted by Gasteiger charge is 2.35. The van der Waals surface area contributed by atoms with Crippen molar-refractivity contribution < 1.29 is 9.53 Å². The van der Waals surface area contributed by atoms with E-state index in [1.807, 2.05) is 4.90 Å². The van der Waals surface area contributed by atoms with E-state index in [-0.39, 0.29) is 18.1 Å². The molecule has 0 spiro atoms. The SMILES string of the molecule is CC(C)[C@H]1CC[C@@H](OC[C@H]2[C@@H](N)CCCN2C(=O)NC2CC2)CC1. The van der Waals surface area contributed by atoms with E-state index in [4.69, 9.17) is 10.5 Å². The van der Waals surface area contributed by atoms with Crippen molar-refractivity contribution in [1.29, 1.82) is 0 Å². The van der Waals surface area contributed by atoms with Crippen molar-refractivity contribution in [3.63, 3.8) is 0 Å². The molecule has 138 valence electrons. The molecule has 24 heavy (non-hydrogen) atoms. The molecule has 2 amide bonds. The van der Waals surface area contributed by atoms with Gasteiger partial charge < -0.3 is 20.7 Å². The van der Waals surface area contributed by atoms with Crippen LogP contribution in [-0.2, 0) is 4.74 Å². The van der Waals surface area contributed by atoms with Crippen LogP contribution in [0.3, 0.4) is 0 Å². The summed E-state index contributed by atoms with van der Waals surface area (Å²) in [5.41, 5.74) is 6.33. The zero-order chi connectivity index (χ0) is 17.1. The number of carbonyl (C=O) groups excluding carboxylic acids is 1. The minimum Gasteiger partial charge on any atom is -0.376 e. The second-order valence-electron chi connectivity index (χ2n) is 8.40. The number of amides is 2. The van der Waals surface area contributed by atoms with Gasteiger partial charge >= 0.3 is 6.03 Å². The van der Waals surface area contributed by atoms with Gasteiger partial charge in [0.2, 0.25) is 0 Å². The molecule has 1 saturated heterocycles. The quantitative estimate of drug-likeness (QED) is 0.810. The first-order valence-electron chi connectivity index (χ1n) is 9.99. The predicted octanol–water partition coefficient (Wildman–Crippen LogP) is 2.88. The Balaban J connectivity index is 1.48. The average Bonchev–Trinajstić information content (AvgIpc) is 3.37. The Morgan fingerprint density at radius 1 is 1.17 bits per heavy atom. The third-order valence-electron chi connectivity index (χ3n) is 6.16. The minimum atomic E-state index is 0.0281. The van der Waals surface area contributed by atoms with Crippen LogP contribution >= 0.6 is 0 Å². The Kier molecular flexibility index (Phi) is 6.03. The van der Waals surface area contributed by atoms with Crippen molar-refractivity contribution in [3.8, 4) is 0 Å². The lowest BCUT2D eigenvalue weighted by Crippen LogP contribution is -2.59. The van der Waals surface area contributed by atoms with Gasteiger partial charge in [0, 0.05) is 18.6 Å². The van der Waals surface area contributed by atoms with Crippen molar-refractivity contribution >= 4 is 6.03 Å². The Morgan fingerprint density at radius 2 is 1.88 bits per heavy atom. The van der Waals surface area contributed by atoms with Crippen LogP contribution in [0.25, 0.3) is 0 Å². The highest BCUT2D eigenvalue weighted by atomic mass is 16.5. The van der Waals surface area contributed by atoms with E-state index in [0.717, 1.165) is 56.9 Å². The minimum absolute atomic E-state index is 0.0281. The highest BCUT2D eigenvalue weighted by Crippen LogP contribution is 2.31. The lowest BCUT2D eigenvalue weighted by atomic mass is 9.80. The average molecular weight is 338 g/mol. The van der Waals surface area contributed by atoms with Crippen LogP contribution in [0.2, 0.25) is 0 Å². The van der Waals surface area contributed by atoms with Crippen molar-refractivity contribution in [3.05, 3.63) is 0 Å². The number of carbonyl (C=O) groups is 1. The summed E-state index contributed by atoms with van der Waals surface area (Å²) in [6, 6.07) is 0.518. The number of urea groups is 1. The second-order valence-corrected chi connectivity index (χ2v) is 8.40. The van der Waals surface area contributed by atoms with Crippen LogP contribution < -0.4 is 11.1 Å². The summed E-state index contributed by atoms with van der Waals surface area (Å²) >= 11 is 0. The van der Waals surface area contributed by atoms with E-state index in [1.54, 1.807) is 0 Å². The van der Waals surface area contributed by atoms with Gasteiger partial charge in [0.1, 0.15) is 0 Å². The molecular weight excluding hydrogens is 302 g/mol. The van der Waals surface area contributed by atoms with Crippen LogP contribution in [-0.4, -0.2) is 48.3 Å². The highest BCUT2D eigenvalue weighted by molar-refractivity contribution is 5.75. The fraction of sp³-hybridized carbons (Fsp3) is 0.947. The number of rotatable bonds is 5. The van der Waals surface area contributed by atoms with Gasteiger partial charge in [-0.3, -0.25) is 0 Å². The van der Waals surface area contributed by atoms with Gasteiger partial charge in [-0.15, -0.1) is 0 Å². The van der Waals surface area contributed by atoms with Gasteiger partial charge in [-0.2, -0.15) is 0 Å². The van der Waals surface area contributed by atoms with Crippen molar-refractivity contribution in [1.82, 2.24) is 10.2 Å². The van der Waals surface area contributed by atoms with Crippen LogP contribution in [0.1, 0.15) is 65.2 Å². The fourth-order valence-corrected chi connectivity index (χ4v) is 4.19. The van der Waals surface area contributed by atoms with Gasteiger partial charge in [-0.25, -0.2) is 4.79 Å². The normalized spacial score (nSPS) is 34.4. The lowest BCUT2D eigenvalue weighted by molar-refractivity contribution is -0.0228. The van der Waals surface area contributed by atoms with Gasteiger partial charge in [0.15, 0.2) is 0 Å². The van der Waals surface area contributed by atoms with E-state index in [2.05, 4.69) is 19.2 Å². The second kappa shape index (κ2) is 8.05. The molecule has 3 aliphatic rings. The molecule has 0 aromatic rings. The molecule has 0 radical (unpaired) electrons. The summed E-state index contributed by atoms with van der Waals surface area (Å²) in [4.78, 5) is 14.4. The predicted molar refractivity (Wildman–Crippen MR) is 95.8 cm³/mol. The van der Waals surface area contributed by atoms with Crippen LogP contribution in [0, 0.1) is 11.8 Å². The maximum Gasteiger partial charge on any atom is 0.317 e. The summed E-state index contributed by atoms with van der Waals surface area (Å²) in [5, 5.41) is 3.11. The first-order valence-corrected chi connectivity index (χ1v) is 9.99. The molecule has 2 atom stereocenters. The number of hydrogen-bond acceptors (Lipinski definition) is 3. The zero-order valence-corrected chi connectivity index (χ0v) is 15.4. The summed E-state index contributed by atoms with van der Waals surface area (Å²) < 4.78 is 6.22. The van der Waals surface area contributed by atoms with Crippen molar-refractivity contribution in [2.75, 3.05) is 13.2 Å². The molecule has 3 N–H and O–H groups in total. The summed E-state index contributed by atoms with van der Waals surface area (Å²) in [6.07, 6.45) is 9.41. The molecule has 1 heterocycles. The zero-order valence-electron chi connectivity index (χ0n) is 15.4. The van der Waals surface area contributed by atoms with Crippen LogP contribution in [0.15, 0.2) is 0 Å². The van der Waals surface area contributed by atoms with E-state index in [9.17, 15) is 4.79 Å². The molecule has 5 nitrogen and oxygen atoms in total. The topological polar surface area (TPSA) is 67.6 Å². The van der Waals surface area contributed by atoms with Crippen molar-refractivity contribution in [2.24, 2.45) is 17.6 Å². The Bertz CT molecular complexity index is 417. The number of nitrogens with two attached hydrogens (primary N) is 1. The molecule has 0 unspecified atom stereocenters. The monoisotopic (exact) mass is 337 g/mol. The standard InChI is InChI=1S/C19H35N3O2/c1-13(2)14-5-9-16(10-6-14)24-12-18-17(20)4-3-11-22(18)19(23)21-15-7-8-15/h13-18H,3-12,20H2,1-2H3,(H,21,23)/t14-,16+,17-,18-/m0/s1. The Hall–Kier alpha value is -0.810. The van der Waals surface area contributed by atoms with Gasteiger partial charge in [0.05, 0.1) is 18.8 Å². The van der Waals surface area contributed by atoms with Crippen LogP contribution in [0.4, 0.5) is 4.79 Å². The number of piperidine rings is 1. The first-order chi connectivity index (χ1) is 11.5. The fourth-order valence-electron chi connectivity index (χ4n) is 4.19. The molecule has 0 aromatic heterocycles. The molecule has 3 rings (SSSR count). The molecule has 0 aromatic carbocycles. The first kappa shape index (κ1) is 18.0. The Morgan fingerprint density at radius 3 is 2.50 bits per heavy atom. The van der Waals surface area contributed by atoms with Crippen molar-refractivity contribution in [2.45, 2.75) is 89.4 Å². The number of likely N-dealkylation sites (tertiary alicyclic amines) is 1. The molecule has 2 saturated carbocycles. The summed E-state index contributed by atoms with van der Waals surface area (Å²) in [7, 11) is 0. The molecule has 3 fully saturated rings. The number of nitrogens with zero attached hydrogens (tertiary/aromatic N) is 1.